The van der Waals surface area contributed by atoms with Crippen molar-refractivity contribution in [1.82, 2.24) is 4.90 Å². The molecule has 1 unspecified atom stereocenters. The molecule has 1 saturated heterocycles. The Morgan fingerprint density at radius 1 is 1.24 bits per heavy atom. The van der Waals surface area contributed by atoms with Crippen molar-refractivity contribution in [1.29, 1.82) is 0 Å². The van der Waals surface area contributed by atoms with Gasteiger partial charge in [0.2, 0.25) is 0 Å². The second-order valence-electron chi connectivity index (χ2n) is 11.0. The van der Waals surface area contributed by atoms with Gasteiger partial charge in [-0.25, -0.2) is 9.59 Å². The number of β-amino-alcohol motifs (C(OH)–C–C–N with tert-alkyl or cyclic N) is 1. The highest BCUT2D eigenvalue weighted by Crippen LogP contribution is 2.39. The van der Waals surface area contributed by atoms with Gasteiger partial charge in [0.15, 0.2) is 0 Å². The third kappa shape index (κ3) is 9.05. The van der Waals surface area contributed by atoms with Crippen LogP contribution >= 0.6 is 11.3 Å². The Kier molecular flexibility index (Phi) is 11.3. The topological polar surface area (TPSA) is 119 Å². The first kappa shape index (κ1) is 32.1. The molecular weight excluding hydrogens is 540 g/mol. The first-order chi connectivity index (χ1) is 19.3. The molecule has 1 fully saturated rings. The molecule has 8 nitrogen and oxygen atoms in total. The quantitative estimate of drug-likeness (QED) is 0.220. The number of allylic oxidation sites excluding steroid dienone is 3. The number of hydrogen-bond donors (Lipinski definition) is 4. The fourth-order valence-electron chi connectivity index (χ4n) is 5.31. The summed E-state index contributed by atoms with van der Waals surface area (Å²) in [6.45, 7) is 17.7. The molecule has 222 valence electrons. The highest BCUT2D eigenvalue weighted by Gasteiger charge is 2.29. The van der Waals surface area contributed by atoms with Crippen molar-refractivity contribution >= 4 is 40.6 Å². The number of carbonyl (C=O) groups is 2. The fraction of sp³-hybridized carbons (Fsp3) is 0.438. The maximum absolute atomic E-state index is 10.8. The van der Waals surface area contributed by atoms with E-state index in [1.54, 1.807) is 0 Å². The largest absolute Gasteiger partial charge is 0.490 e. The van der Waals surface area contributed by atoms with Crippen LogP contribution in [0.25, 0.3) is 11.6 Å². The minimum atomic E-state index is -1.82. The number of anilines is 1. The zero-order valence-corrected chi connectivity index (χ0v) is 25.4. The van der Waals surface area contributed by atoms with Crippen molar-refractivity contribution in [3.05, 3.63) is 68.9 Å². The van der Waals surface area contributed by atoms with Gasteiger partial charge in [0, 0.05) is 40.1 Å². The van der Waals surface area contributed by atoms with Crippen LogP contribution in [-0.2, 0) is 9.59 Å². The van der Waals surface area contributed by atoms with Gasteiger partial charge >= 0.3 is 11.9 Å². The van der Waals surface area contributed by atoms with Gasteiger partial charge in [0.1, 0.15) is 18.5 Å². The van der Waals surface area contributed by atoms with Gasteiger partial charge in [-0.3, -0.25) is 4.90 Å². The molecule has 2 aromatic rings. The average Bonchev–Trinajstić information content (AvgIpc) is 3.30. The van der Waals surface area contributed by atoms with Gasteiger partial charge in [0.25, 0.3) is 0 Å². The number of carboxylic acids is 2. The van der Waals surface area contributed by atoms with E-state index in [0.29, 0.717) is 25.1 Å². The Bertz CT molecular complexity index is 1320. The average molecular weight is 583 g/mol. The number of carboxylic acid groups (broad SMARTS) is 2. The number of rotatable bonds is 8. The summed E-state index contributed by atoms with van der Waals surface area (Å²) in [6, 6.07) is 8.89. The van der Waals surface area contributed by atoms with Crippen molar-refractivity contribution in [2.75, 3.05) is 31.6 Å². The lowest BCUT2D eigenvalue weighted by molar-refractivity contribution is -0.159. The van der Waals surface area contributed by atoms with E-state index in [9.17, 15) is 5.11 Å². The highest BCUT2D eigenvalue weighted by molar-refractivity contribution is 7.12. The van der Waals surface area contributed by atoms with Crippen LogP contribution in [0.4, 0.5) is 5.69 Å². The maximum atomic E-state index is 10.8. The lowest BCUT2D eigenvalue weighted by atomic mass is 9.89. The summed E-state index contributed by atoms with van der Waals surface area (Å²) in [6.07, 6.45) is 6.08. The number of aryl methyl sites for hydroxylation is 1. The Labute approximate surface area is 246 Å². The van der Waals surface area contributed by atoms with Crippen molar-refractivity contribution in [2.45, 2.75) is 65.5 Å². The van der Waals surface area contributed by atoms with Crippen LogP contribution < -0.4 is 10.1 Å². The monoisotopic (exact) mass is 582 g/mol. The lowest BCUT2D eigenvalue weighted by Crippen LogP contribution is -2.45. The number of piperidine rings is 1. The summed E-state index contributed by atoms with van der Waals surface area (Å²) < 4.78 is 6.08. The van der Waals surface area contributed by atoms with Gasteiger partial charge < -0.3 is 25.4 Å². The molecule has 0 spiro atoms. The predicted molar refractivity (Wildman–Crippen MR) is 166 cm³/mol. The van der Waals surface area contributed by atoms with Crippen LogP contribution in [0.1, 0.15) is 67.3 Å². The smallest absolute Gasteiger partial charge is 0.414 e. The van der Waals surface area contributed by atoms with E-state index in [1.165, 1.54) is 26.5 Å². The second-order valence-corrected chi connectivity index (χ2v) is 12.3. The number of aliphatic hydroxyl groups is 1. The minimum Gasteiger partial charge on any atom is -0.490 e. The van der Waals surface area contributed by atoms with E-state index in [2.05, 4.69) is 68.8 Å². The number of fused-ring (bicyclic) bond motifs is 1. The molecule has 0 amide bonds. The Balaban J connectivity index is 0.000000696. The van der Waals surface area contributed by atoms with E-state index >= 15 is 0 Å². The van der Waals surface area contributed by atoms with Crippen LogP contribution in [0.15, 0.2) is 48.1 Å². The lowest BCUT2D eigenvalue weighted by Gasteiger charge is -2.38. The van der Waals surface area contributed by atoms with Gasteiger partial charge in [0.05, 0.1) is 0 Å². The van der Waals surface area contributed by atoms with Crippen LogP contribution in [0, 0.1) is 6.92 Å². The molecule has 41 heavy (non-hydrogen) atoms. The molecule has 3 heterocycles. The molecule has 4 rings (SSSR count). The molecule has 2 aliphatic rings. The molecule has 1 aromatic heterocycles. The zero-order chi connectivity index (χ0) is 30.3. The molecule has 1 aromatic carbocycles. The fourth-order valence-corrected chi connectivity index (χ4v) is 6.55. The molecule has 4 N–H and O–H groups in total. The third-order valence-corrected chi connectivity index (χ3v) is 8.53. The predicted octanol–water partition coefficient (Wildman–Crippen LogP) is 6.03. The van der Waals surface area contributed by atoms with E-state index in [4.69, 9.17) is 24.5 Å². The van der Waals surface area contributed by atoms with Gasteiger partial charge in [-0.15, -0.1) is 11.3 Å². The van der Waals surface area contributed by atoms with E-state index in [0.717, 1.165) is 48.5 Å². The van der Waals surface area contributed by atoms with Crippen LogP contribution in [-0.4, -0.2) is 70.5 Å². The van der Waals surface area contributed by atoms with Gasteiger partial charge in [-0.2, -0.15) is 0 Å². The summed E-state index contributed by atoms with van der Waals surface area (Å²) in [5.41, 5.74) is 7.20. The summed E-state index contributed by atoms with van der Waals surface area (Å²) in [7, 11) is 0. The number of ether oxygens (including phenoxy) is 1. The van der Waals surface area contributed by atoms with E-state index in [1.807, 2.05) is 30.4 Å². The summed E-state index contributed by atoms with van der Waals surface area (Å²) in [5.74, 6) is -2.23. The number of aliphatic carboxylic acids is 2. The van der Waals surface area contributed by atoms with Crippen molar-refractivity contribution < 1.29 is 29.6 Å². The normalized spacial score (nSPS) is 19.6. The van der Waals surface area contributed by atoms with Crippen LogP contribution in [0.5, 0.6) is 5.75 Å². The molecule has 3 atom stereocenters. The number of nitrogens with one attached hydrogen (secondary N) is 1. The molecule has 0 bridgehead atoms. The SMILES string of the molecule is C=C(C)/C=C(/C)c1cc([C@H]2CCN(CC(O)COc3cccc4c3C=C(C)CN4)[C@@H](C)C2)sc1C.O=C(O)C(=O)O. The van der Waals surface area contributed by atoms with Crippen LogP contribution in [0.2, 0.25) is 0 Å². The summed E-state index contributed by atoms with van der Waals surface area (Å²) in [5, 5.41) is 29.0. The molecule has 0 radical (unpaired) electrons. The third-order valence-electron chi connectivity index (χ3n) is 7.31. The van der Waals surface area contributed by atoms with Gasteiger partial charge in [-0.05, 0) is 95.3 Å². The number of hydrogen-bond acceptors (Lipinski definition) is 7. The first-order valence-electron chi connectivity index (χ1n) is 13.8. The number of benzene rings is 1. The standard InChI is InChI=1S/C30H40N2O2S.C2H2O4/c1-19(2)12-21(4)26-15-30(35-23(26)6)24-10-11-32(22(5)14-24)17-25(33)18-34-29-9-7-8-28-27(29)13-20(3)16-31-28;3-1(4)2(5)6/h7-9,12-13,15,22,24-25,31,33H,1,10-11,14,16-18H2,2-6H3;(H,3,4)(H,5,6)/b21-12-;/t22-,24-,25?;/m0./s1. The molecule has 0 aliphatic carbocycles. The Hall–Kier alpha value is -3.40. The van der Waals surface area contributed by atoms with Crippen molar-refractivity contribution in [3.8, 4) is 5.75 Å². The molecule has 9 heteroatoms. The first-order valence-corrected chi connectivity index (χ1v) is 14.7. The van der Waals surface area contributed by atoms with Crippen LogP contribution in [0.3, 0.4) is 0 Å². The second kappa shape index (κ2) is 14.5. The summed E-state index contributed by atoms with van der Waals surface area (Å²) in [4.78, 5) is 23.5. The maximum Gasteiger partial charge on any atom is 0.414 e. The minimum absolute atomic E-state index is 0.303. The molecule has 2 aliphatic heterocycles. The summed E-state index contributed by atoms with van der Waals surface area (Å²) >= 11 is 1.94. The Morgan fingerprint density at radius 3 is 2.59 bits per heavy atom. The number of likely N-dealkylation sites (tertiary alicyclic amines) is 1. The zero-order valence-electron chi connectivity index (χ0n) is 24.6. The number of aliphatic hydroxyl groups excluding tert-OH is 1. The molecule has 0 saturated carbocycles. The van der Waals surface area contributed by atoms with Crippen molar-refractivity contribution in [3.63, 3.8) is 0 Å². The van der Waals surface area contributed by atoms with E-state index in [-0.39, 0.29) is 0 Å². The van der Waals surface area contributed by atoms with E-state index < -0.39 is 18.0 Å². The van der Waals surface area contributed by atoms with Gasteiger partial charge in [-0.1, -0.05) is 29.9 Å². The van der Waals surface area contributed by atoms with Crippen molar-refractivity contribution in [2.24, 2.45) is 0 Å². The molecular formula is C32H42N2O6S. The number of thiophene rings is 1. The Morgan fingerprint density at radius 2 is 1.95 bits per heavy atom. The number of nitrogens with zero attached hydrogens (tertiary/aromatic N) is 1. The highest BCUT2D eigenvalue weighted by atomic mass is 32.1.